The normalized spacial score (nSPS) is 13.7. The third-order valence-corrected chi connectivity index (χ3v) is 4.41. The van der Waals surface area contributed by atoms with Gasteiger partial charge in [0, 0.05) is 6.54 Å². The number of anilines is 2. The van der Waals surface area contributed by atoms with E-state index in [1.807, 2.05) is 23.6 Å². The predicted octanol–water partition coefficient (Wildman–Crippen LogP) is 3.19. The second-order valence-electron chi connectivity index (χ2n) is 4.16. The van der Waals surface area contributed by atoms with Gasteiger partial charge in [-0.05, 0) is 29.5 Å². The molecule has 0 aliphatic carbocycles. The summed E-state index contributed by atoms with van der Waals surface area (Å²) in [5.41, 5.74) is 8.57. The molecule has 0 saturated heterocycles. The number of nitrogens with zero attached hydrogens (tertiary/aromatic N) is 1. The van der Waals surface area contributed by atoms with Crippen LogP contribution in [-0.4, -0.2) is 12.5 Å². The molecular formula is C13H11ClN2OS. The molecule has 0 radical (unpaired) electrons. The van der Waals surface area contributed by atoms with Crippen LogP contribution < -0.4 is 10.6 Å². The van der Waals surface area contributed by atoms with E-state index in [9.17, 15) is 4.79 Å². The van der Waals surface area contributed by atoms with Gasteiger partial charge in [-0.25, -0.2) is 0 Å². The summed E-state index contributed by atoms with van der Waals surface area (Å²) in [6, 6.07) is 7.49. The third kappa shape index (κ3) is 1.69. The Morgan fingerprint density at radius 1 is 1.39 bits per heavy atom. The Kier molecular flexibility index (Phi) is 2.76. The molecule has 0 bridgehead atoms. The van der Waals surface area contributed by atoms with Crippen molar-refractivity contribution in [2.75, 3.05) is 17.2 Å². The number of thiophene rings is 1. The Balaban J connectivity index is 2.03. The van der Waals surface area contributed by atoms with Crippen LogP contribution in [0.2, 0.25) is 5.02 Å². The highest BCUT2D eigenvalue weighted by Gasteiger charge is 2.28. The van der Waals surface area contributed by atoms with E-state index in [-0.39, 0.29) is 5.91 Å². The van der Waals surface area contributed by atoms with Crippen molar-refractivity contribution in [2.45, 2.75) is 6.42 Å². The number of rotatable bonds is 1. The van der Waals surface area contributed by atoms with Crippen molar-refractivity contribution in [3.8, 4) is 0 Å². The van der Waals surface area contributed by atoms with E-state index in [1.165, 1.54) is 11.3 Å². The SMILES string of the molecule is Nc1cccc2c1N(C(=O)c1sccc1Cl)CC2. The second-order valence-corrected chi connectivity index (χ2v) is 5.48. The molecule has 3 rings (SSSR count). The lowest BCUT2D eigenvalue weighted by Crippen LogP contribution is -2.29. The van der Waals surface area contributed by atoms with Gasteiger partial charge in [0.25, 0.3) is 5.91 Å². The van der Waals surface area contributed by atoms with E-state index in [1.54, 1.807) is 11.0 Å². The maximum atomic E-state index is 12.4. The molecule has 1 aliphatic rings. The van der Waals surface area contributed by atoms with Crippen LogP contribution in [0.4, 0.5) is 11.4 Å². The average Bonchev–Trinajstić information content (AvgIpc) is 2.95. The van der Waals surface area contributed by atoms with Gasteiger partial charge in [-0.15, -0.1) is 11.3 Å². The van der Waals surface area contributed by atoms with Crippen molar-refractivity contribution in [1.82, 2.24) is 0 Å². The fourth-order valence-corrected chi connectivity index (χ4v) is 3.34. The number of halogens is 1. The van der Waals surface area contributed by atoms with Crippen molar-refractivity contribution < 1.29 is 4.79 Å². The zero-order chi connectivity index (χ0) is 12.7. The number of fused-ring (bicyclic) bond motifs is 1. The maximum absolute atomic E-state index is 12.4. The molecule has 1 amide bonds. The molecule has 2 N–H and O–H groups in total. The van der Waals surface area contributed by atoms with Gasteiger partial charge in [0.2, 0.25) is 0 Å². The van der Waals surface area contributed by atoms with Crippen LogP contribution in [0.3, 0.4) is 0 Å². The first-order valence-electron chi connectivity index (χ1n) is 5.60. The summed E-state index contributed by atoms with van der Waals surface area (Å²) < 4.78 is 0. The van der Waals surface area contributed by atoms with Crippen LogP contribution in [0, 0.1) is 0 Å². The molecular weight excluding hydrogens is 268 g/mol. The van der Waals surface area contributed by atoms with Gasteiger partial charge in [-0.1, -0.05) is 23.7 Å². The van der Waals surface area contributed by atoms with E-state index in [2.05, 4.69) is 0 Å². The molecule has 1 aliphatic heterocycles. The molecule has 0 spiro atoms. The van der Waals surface area contributed by atoms with Crippen molar-refractivity contribution in [2.24, 2.45) is 0 Å². The molecule has 3 nitrogen and oxygen atoms in total. The average molecular weight is 279 g/mol. The summed E-state index contributed by atoms with van der Waals surface area (Å²) in [5.74, 6) is -0.0633. The predicted molar refractivity (Wildman–Crippen MR) is 75.6 cm³/mol. The van der Waals surface area contributed by atoms with Crippen LogP contribution in [0.5, 0.6) is 0 Å². The molecule has 2 aromatic rings. The van der Waals surface area contributed by atoms with E-state index in [0.29, 0.717) is 22.1 Å². The number of hydrogen-bond acceptors (Lipinski definition) is 3. The highest BCUT2D eigenvalue weighted by Crippen LogP contribution is 2.36. The summed E-state index contributed by atoms with van der Waals surface area (Å²) in [4.78, 5) is 14.7. The summed E-state index contributed by atoms with van der Waals surface area (Å²) in [5, 5.41) is 2.33. The minimum atomic E-state index is -0.0633. The van der Waals surface area contributed by atoms with E-state index in [4.69, 9.17) is 17.3 Å². The van der Waals surface area contributed by atoms with Gasteiger partial charge in [-0.2, -0.15) is 0 Å². The molecule has 2 heterocycles. The van der Waals surface area contributed by atoms with E-state index >= 15 is 0 Å². The third-order valence-electron chi connectivity index (χ3n) is 3.08. The van der Waals surface area contributed by atoms with Gasteiger partial charge < -0.3 is 10.6 Å². The fraction of sp³-hybridized carbons (Fsp3) is 0.154. The molecule has 5 heteroatoms. The molecule has 0 fully saturated rings. The second kappa shape index (κ2) is 4.30. The zero-order valence-electron chi connectivity index (χ0n) is 9.52. The van der Waals surface area contributed by atoms with Gasteiger partial charge in [0.1, 0.15) is 4.88 Å². The van der Waals surface area contributed by atoms with Gasteiger partial charge in [0.15, 0.2) is 0 Å². The number of hydrogen-bond donors (Lipinski definition) is 1. The highest BCUT2D eigenvalue weighted by molar-refractivity contribution is 7.12. The van der Waals surface area contributed by atoms with Crippen molar-refractivity contribution in [3.63, 3.8) is 0 Å². The van der Waals surface area contributed by atoms with Crippen LogP contribution in [0.15, 0.2) is 29.6 Å². The standard InChI is InChI=1S/C13H11ClN2OS/c14-9-5-7-18-12(9)13(17)16-6-4-8-2-1-3-10(15)11(8)16/h1-3,5,7H,4,6,15H2. The molecule has 18 heavy (non-hydrogen) atoms. The lowest BCUT2D eigenvalue weighted by molar-refractivity contribution is 0.0993. The largest absolute Gasteiger partial charge is 0.397 e. The number of benzene rings is 1. The molecule has 92 valence electrons. The topological polar surface area (TPSA) is 46.3 Å². The van der Waals surface area contributed by atoms with Crippen LogP contribution in [0.25, 0.3) is 0 Å². The first-order valence-corrected chi connectivity index (χ1v) is 6.86. The number of nitrogen functional groups attached to an aromatic ring is 1. The summed E-state index contributed by atoms with van der Waals surface area (Å²) in [6.07, 6.45) is 0.842. The summed E-state index contributed by atoms with van der Waals surface area (Å²) in [7, 11) is 0. The minimum absolute atomic E-state index is 0.0633. The van der Waals surface area contributed by atoms with Gasteiger partial charge in [0.05, 0.1) is 16.4 Å². The summed E-state index contributed by atoms with van der Waals surface area (Å²) >= 11 is 7.37. The molecule has 1 aromatic carbocycles. The Morgan fingerprint density at radius 3 is 2.94 bits per heavy atom. The monoisotopic (exact) mass is 278 g/mol. The molecule has 0 atom stereocenters. The molecule has 0 saturated carbocycles. The number of carbonyl (C=O) groups excluding carboxylic acids is 1. The van der Waals surface area contributed by atoms with Crippen molar-refractivity contribution in [1.29, 1.82) is 0 Å². The van der Waals surface area contributed by atoms with E-state index < -0.39 is 0 Å². The Labute approximate surface area is 114 Å². The Bertz CT molecular complexity index is 623. The molecule has 1 aromatic heterocycles. The highest BCUT2D eigenvalue weighted by atomic mass is 35.5. The van der Waals surface area contributed by atoms with Gasteiger partial charge in [-0.3, -0.25) is 4.79 Å². The van der Waals surface area contributed by atoms with Gasteiger partial charge >= 0.3 is 0 Å². The fourth-order valence-electron chi connectivity index (χ4n) is 2.26. The quantitative estimate of drug-likeness (QED) is 0.815. The van der Waals surface area contributed by atoms with Crippen LogP contribution in [-0.2, 0) is 6.42 Å². The lowest BCUT2D eigenvalue weighted by Gasteiger charge is -2.18. The molecule has 0 unspecified atom stereocenters. The number of para-hydroxylation sites is 1. The maximum Gasteiger partial charge on any atom is 0.269 e. The Morgan fingerprint density at radius 2 is 2.22 bits per heavy atom. The van der Waals surface area contributed by atoms with Crippen molar-refractivity contribution in [3.05, 3.63) is 45.1 Å². The zero-order valence-corrected chi connectivity index (χ0v) is 11.1. The first kappa shape index (κ1) is 11.6. The number of carbonyl (C=O) groups is 1. The van der Waals surface area contributed by atoms with Crippen LogP contribution >= 0.6 is 22.9 Å². The minimum Gasteiger partial charge on any atom is -0.397 e. The number of amides is 1. The Hall–Kier alpha value is -1.52. The van der Waals surface area contributed by atoms with E-state index in [0.717, 1.165) is 17.7 Å². The first-order chi connectivity index (χ1) is 8.68. The summed E-state index contributed by atoms with van der Waals surface area (Å²) in [6.45, 7) is 0.663. The number of nitrogens with two attached hydrogens (primary N) is 1. The van der Waals surface area contributed by atoms with Crippen LogP contribution in [0.1, 0.15) is 15.2 Å². The smallest absolute Gasteiger partial charge is 0.269 e. The lowest BCUT2D eigenvalue weighted by atomic mass is 10.1. The van der Waals surface area contributed by atoms with Crippen molar-refractivity contribution >= 4 is 40.2 Å².